The fraction of sp³-hybridized carbons (Fsp3) is 0.179. The Balaban J connectivity index is 1.45. The van der Waals surface area contributed by atoms with E-state index in [1.807, 2.05) is 67.6 Å². The Morgan fingerprint density at radius 2 is 1.75 bits per heavy atom. The first-order valence-electron chi connectivity index (χ1n) is 11.4. The molecule has 4 rings (SSSR count). The predicted octanol–water partition coefficient (Wildman–Crippen LogP) is 5.75. The summed E-state index contributed by atoms with van der Waals surface area (Å²) >= 11 is 13.1. The first kappa shape index (κ1) is 25.5. The highest BCUT2D eigenvalue weighted by atomic mass is 35.5. The van der Waals surface area contributed by atoms with Gasteiger partial charge < -0.3 is 15.0 Å². The van der Waals surface area contributed by atoms with Crippen molar-refractivity contribution in [3.05, 3.63) is 99.7 Å². The first-order chi connectivity index (χ1) is 17.3. The van der Waals surface area contributed by atoms with Crippen molar-refractivity contribution in [2.45, 2.75) is 20.0 Å². The van der Waals surface area contributed by atoms with Gasteiger partial charge in [-0.2, -0.15) is 0 Å². The number of rotatable bonds is 8. The number of carbonyl (C=O) groups excluding carboxylic acids is 2. The molecule has 0 saturated carbocycles. The predicted molar refractivity (Wildman–Crippen MR) is 144 cm³/mol. The topological polar surface area (TPSA) is 71.5 Å². The third-order valence-corrected chi connectivity index (χ3v) is 6.52. The summed E-state index contributed by atoms with van der Waals surface area (Å²) in [5, 5.41) is 4.35. The van der Waals surface area contributed by atoms with E-state index in [1.54, 1.807) is 19.2 Å². The van der Waals surface area contributed by atoms with E-state index in [0.717, 1.165) is 22.2 Å². The number of aryl methyl sites for hydroxylation is 1. The third kappa shape index (κ3) is 5.96. The van der Waals surface area contributed by atoms with E-state index in [2.05, 4.69) is 10.3 Å². The number of nitrogens with one attached hydrogen (secondary N) is 1. The molecule has 2 amide bonds. The van der Waals surface area contributed by atoms with E-state index >= 15 is 0 Å². The summed E-state index contributed by atoms with van der Waals surface area (Å²) in [4.78, 5) is 31.0. The van der Waals surface area contributed by atoms with Crippen molar-refractivity contribution in [2.75, 3.05) is 18.5 Å². The molecule has 8 heteroatoms. The Kier molecular flexibility index (Phi) is 8.08. The van der Waals surface area contributed by atoms with Crippen LogP contribution in [0.15, 0.2) is 72.8 Å². The van der Waals surface area contributed by atoms with E-state index in [4.69, 9.17) is 27.9 Å². The van der Waals surface area contributed by atoms with Gasteiger partial charge in [-0.25, -0.2) is 4.98 Å². The second-order valence-corrected chi connectivity index (χ2v) is 9.11. The number of para-hydroxylation sites is 1. The number of hydrogen-bond acceptors (Lipinski definition) is 4. The van der Waals surface area contributed by atoms with E-state index in [9.17, 15) is 9.59 Å². The molecular formula is C28H25Cl2N3O3. The highest BCUT2D eigenvalue weighted by Gasteiger charge is 2.19. The zero-order valence-electron chi connectivity index (χ0n) is 19.9. The summed E-state index contributed by atoms with van der Waals surface area (Å²) in [5.41, 5.74) is 3.52. The van der Waals surface area contributed by atoms with E-state index in [0.29, 0.717) is 27.0 Å². The van der Waals surface area contributed by atoms with Crippen LogP contribution >= 0.6 is 23.2 Å². The van der Waals surface area contributed by atoms with Gasteiger partial charge in [-0.05, 0) is 36.8 Å². The lowest BCUT2D eigenvalue weighted by molar-refractivity contribution is -0.124. The molecule has 36 heavy (non-hydrogen) atoms. The van der Waals surface area contributed by atoms with Crippen LogP contribution < -0.4 is 15.0 Å². The summed E-state index contributed by atoms with van der Waals surface area (Å²) < 4.78 is 6.06. The number of amides is 2. The molecule has 0 atom stereocenters. The second kappa shape index (κ2) is 11.4. The third-order valence-electron chi connectivity index (χ3n) is 5.74. The highest BCUT2D eigenvalue weighted by molar-refractivity contribution is 6.38. The maximum absolute atomic E-state index is 12.8. The van der Waals surface area contributed by atoms with Crippen LogP contribution in [0, 0.1) is 6.92 Å². The van der Waals surface area contributed by atoms with Gasteiger partial charge in [0, 0.05) is 28.7 Å². The van der Waals surface area contributed by atoms with Crippen molar-refractivity contribution in [1.82, 2.24) is 10.3 Å². The van der Waals surface area contributed by atoms with Gasteiger partial charge in [0.25, 0.3) is 0 Å². The molecule has 0 aliphatic rings. The summed E-state index contributed by atoms with van der Waals surface area (Å²) in [5.74, 6) is 0.0544. The average molecular weight is 522 g/mol. The molecule has 0 bridgehead atoms. The minimum Gasteiger partial charge on any atom is -0.487 e. The van der Waals surface area contributed by atoms with Gasteiger partial charge in [0.05, 0.1) is 23.7 Å². The molecule has 0 aliphatic carbocycles. The fourth-order valence-electron chi connectivity index (χ4n) is 3.73. The molecule has 1 N–H and O–H groups in total. The molecule has 0 unspecified atom stereocenters. The van der Waals surface area contributed by atoms with Crippen LogP contribution in [0.2, 0.25) is 10.0 Å². The van der Waals surface area contributed by atoms with E-state index in [1.165, 1.54) is 4.90 Å². The quantitative estimate of drug-likeness (QED) is 0.320. The number of likely N-dealkylation sites (N-methyl/N-ethyl adjacent to an activating group) is 1. The molecule has 0 spiro atoms. The van der Waals surface area contributed by atoms with Gasteiger partial charge in [-0.3, -0.25) is 9.59 Å². The highest BCUT2D eigenvalue weighted by Crippen LogP contribution is 2.35. The number of pyridine rings is 1. The Bertz CT molecular complexity index is 1410. The lowest BCUT2D eigenvalue weighted by Crippen LogP contribution is -2.38. The molecule has 4 aromatic rings. The number of fused-ring (bicyclic) bond motifs is 1. The normalized spacial score (nSPS) is 10.8. The summed E-state index contributed by atoms with van der Waals surface area (Å²) in [6.45, 7) is 1.86. The Morgan fingerprint density at radius 3 is 2.53 bits per heavy atom. The maximum Gasteiger partial charge on any atom is 0.246 e. The number of halogens is 2. The number of aromatic nitrogens is 1. The van der Waals surface area contributed by atoms with E-state index in [-0.39, 0.29) is 31.4 Å². The second-order valence-electron chi connectivity index (χ2n) is 8.32. The number of benzene rings is 3. The zero-order valence-corrected chi connectivity index (χ0v) is 21.4. The summed E-state index contributed by atoms with van der Waals surface area (Å²) in [7, 11) is 1.60. The van der Waals surface area contributed by atoms with Gasteiger partial charge in [0.1, 0.15) is 17.9 Å². The van der Waals surface area contributed by atoms with Gasteiger partial charge in [0.15, 0.2) is 0 Å². The van der Waals surface area contributed by atoms with Crippen LogP contribution in [0.5, 0.6) is 5.75 Å². The molecule has 184 valence electrons. The standard InChI is InChI=1S/C28H25Cl2N3O3/c1-18-11-12-20-9-6-10-24(28(20)32-18)36-17-21-22(29)13-14-23(27(21)30)33(2)26(35)16-31-25(34)15-19-7-4-3-5-8-19/h3-14H,15-17H2,1-2H3,(H,31,34). The van der Waals surface area contributed by atoms with Crippen LogP contribution in [-0.4, -0.2) is 30.4 Å². The van der Waals surface area contributed by atoms with Crippen LogP contribution in [0.3, 0.4) is 0 Å². The molecule has 0 saturated heterocycles. The molecular weight excluding hydrogens is 497 g/mol. The minimum absolute atomic E-state index is 0.0933. The lowest BCUT2D eigenvalue weighted by atomic mass is 10.1. The van der Waals surface area contributed by atoms with Crippen LogP contribution in [0.4, 0.5) is 5.69 Å². The zero-order chi connectivity index (χ0) is 25.7. The van der Waals surface area contributed by atoms with Gasteiger partial charge in [-0.15, -0.1) is 0 Å². The Hall–Kier alpha value is -3.61. The van der Waals surface area contributed by atoms with Crippen LogP contribution in [-0.2, 0) is 22.6 Å². The minimum atomic E-state index is -0.318. The van der Waals surface area contributed by atoms with Crippen LogP contribution in [0.1, 0.15) is 16.8 Å². The fourth-order valence-corrected chi connectivity index (χ4v) is 4.34. The summed E-state index contributed by atoms with van der Waals surface area (Å²) in [6.07, 6.45) is 0.198. The number of anilines is 1. The van der Waals surface area contributed by atoms with Crippen molar-refractivity contribution < 1.29 is 14.3 Å². The molecule has 1 heterocycles. The van der Waals surface area contributed by atoms with Gasteiger partial charge in [-0.1, -0.05) is 71.7 Å². The van der Waals surface area contributed by atoms with Crippen molar-refractivity contribution in [2.24, 2.45) is 0 Å². The van der Waals surface area contributed by atoms with Crippen molar-refractivity contribution in [3.8, 4) is 5.75 Å². The smallest absolute Gasteiger partial charge is 0.246 e. The number of nitrogens with zero attached hydrogens (tertiary/aromatic N) is 2. The van der Waals surface area contributed by atoms with Crippen molar-refractivity contribution >= 4 is 51.6 Å². The molecule has 0 aliphatic heterocycles. The number of hydrogen-bond donors (Lipinski definition) is 1. The molecule has 3 aromatic carbocycles. The molecule has 1 aromatic heterocycles. The van der Waals surface area contributed by atoms with Gasteiger partial charge >= 0.3 is 0 Å². The Morgan fingerprint density at radius 1 is 0.972 bits per heavy atom. The number of ether oxygens (including phenoxy) is 1. The monoisotopic (exact) mass is 521 g/mol. The maximum atomic E-state index is 12.8. The Labute approximate surface area is 219 Å². The van der Waals surface area contributed by atoms with Gasteiger partial charge in [0.2, 0.25) is 11.8 Å². The average Bonchev–Trinajstić information content (AvgIpc) is 2.87. The van der Waals surface area contributed by atoms with Crippen molar-refractivity contribution in [3.63, 3.8) is 0 Å². The number of carbonyl (C=O) groups is 2. The first-order valence-corrected chi connectivity index (χ1v) is 12.1. The SMILES string of the molecule is Cc1ccc2cccc(OCc3c(Cl)ccc(N(C)C(=O)CNC(=O)Cc4ccccc4)c3Cl)c2n1. The molecule has 6 nitrogen and oxygen atoms in total. The summed E-state index contributed by atoms with van der Waals surface area (Å²) in [6, 6.07) is 22.3. The van der Waals surface area contributed by atoms with Crippen molar-refractivity contribution in [1.29, 1.82) is 0 Å². The molecule has 0 radical (unpaired) electrons. The van der Waals surface area contributed by atoms with E-state index < -0.39 is 0 Å². The lowest BCUT2D eigenvalue weighted by Gasteiger charge is -2.21. The largest absolute Gasteiger partial charge is 0.487 e. The van der Waals surface area contributed by atoms with Crippen LogP contribution in [0.25, 0.3) is 10.9 Å². The molecule has 0 fully saturated rings.